The molecule has 0 saturated heterocycles. The molecular weight excluding hydrogens is 508 g/mol. The Hall–Kier alpha value is -3.92. The lowest BCUT2D eigenvalue weighted by atomic mass is 10.1. The minimum atomic E-state index is -1.37. The Morgan fingerprint density at radius 1 is 0.892 bits per heavy atom. The Balaban J connectivity index is 2.17. The van der Waals surface area contributed by atoms with Crippen molar-refractivity contribution < 1.29 is 34.2 Å². The average Bonchev–Trinajstić information content (AvgIpc) is 3.54. The number of carbonyl (C=O) groups is 5. The lowest BCUT2D eigenvalue weighted by Crippen LogP contribution is -2.58. The van der Waals surface area contributed by atoms with Crippen molar-refractivity contribution in [1.29, 1.82) is 0 Å². The number of imidazole rings is 2. The Morgan fingerprint density at radius 3 is 1.89 bits per heavy atom. The Morgan fingerprint density at radius 2 is 1.41 bits per heavy atom. The summed E-state index contributed by atoms with van der Waals surface area (Å²) < 4.78 is 0. The molecule has 0 fully saturated rings. The SMILES string of the molecule is CSCCC(NC(=O)C(N)CC(=O)O)C(=O)NC(Cc1cnc[nH]1)C(=O)NC(Cc1cnc[nH]1)C(=O)O. The van der Waals surface area contributed by atoms with Gasteiger partial charge in [0.1, 0.15) is 18.1 Å². The summed E-state index contributed by atoms with van der Waals surface area (Å²) in [6, 6.07) is -5.02. The molecule has 0 saturated carbocycles. The van der Waals surface area contributed by atoms with Crippen molar-refractivity contribution in [2.45, 2.75) is 49.9 Å². The molecule has 2 aromatic heterocycles. The molecule has 15 nitrogen and oxygen atoms in total. The third-order valence-corrected chi connectivity index (χ3v) is 5.82. The summed E-state index contributed by atoms with van der Waals surface area (Å²) in [4.78, 5) is 74.5. The number of rotatable bonds is 16. The first kappa shape index (κ1) is 29.3. The number of carboxylic acid groups (broad SMARTS) is 2. The van der Waals surface area contributed by atoms with Gasteiger partial charge >= 0.3 is 11.9 Å². The number of aromatic nitrogens is 4. The van der Waals surface area contributed by atoms with Gasteiger partial charge < -0.3 is 41.9 Å². The number of nitrogens with zero attached hydrogens (tertiary/aromatic N) is 2. The molecule has 0 aliphatic heterocycles. The molecule has 16 heteroatoms. The smallest absolute Gasteiger partial charge is 0.326 e. The third kappa shape index (κ3) is 9.92. The number of nitrogens with two attached hydrogens (primary N) is 1. The Kier molecular flexibility index (Phi) is 11.6. The summed E-state index contributed by atoms with van der Waals surface area (Å²) in [7, 11) is 0. The zero-order chi connectivity index (χ0) is 27.4. The predicted octanol–water partition coefficient (Wildman–Crippen LogP) is -1.99. The quantitative estimate of drug-likeness (QED) is 0.116. The van der Waals surface area contributed by atoms with Gasteiger partial charge in [0, 0.05) is 36.6 Å². The molecule has 2 heterocycles. The molecule has 0 radical (unpaired) electrons. The standard InChI is InChI=1S/C21H30N8O7S/c1-37-3-2-14(27-18(32)13(22)6-17(30)31)19(33)28-15(4-11-7-23-9-25-11)20(34)29-16(21(35)36)5-12-8-24-10-26-12/h7-10,13-16H,2-6,22H2,1H3,(H,23,25)(H,24,26)(H,27,32)(H,28,33)(H,29,34)(H,30,31)(H,35,36). The van der Waals surface area contributed by atoms with Crippen LogP contribution in [0.5, 0.6) is 0 Å². The molecule has 0 aliphatic rings. The molecular formula is C21H30N8O7S. The largest absolute Gasteiger partial charge is 0.481 e. The lowest BCUT2D eigenvalue weighted by Gasteiger charge is -2.25. The van der Waals surface area contributed by atoms with E-state index in [0.29, 0.717) is 17.1 Å². The van der Waals surface area contributed by atoms with Crippen molar-refractivity contribution in [2.75, 3.05) is 12.0 Å². The van der Waals surface area contributed by atoms with E-state index in [0.717, 1.165) is 0 Å². The fourth-order valence-electron chi connectivity index (χ4n) is 3.25. The minimum Gasteiger partial charge on any atom is -0.481 e. The molecule has 2 rings (SSSR count). The number of carbonyl (C=O) groups excluding carboxylic acids is 3. The second-order valence-corrected chi connectivity index (χ2v) is 9.06. The van der Waals surface area contributed by atoms with Crippen LogP contribution in [0.15, 0.2) is 25.0 Å². The van der Waals surface area contributed by atoms with Crippen molar-refractivity contribution in [3.63, 3.8) is 0 Å². The highest BCUT2D eigenvalue weighted by Gasteiger charge is 2.31. The molecule has 3 amide bonds. The minimum absolute atomic E-state index is 0.0459. The molecule has 2 aromatic rings. The lowest BCUT2D eigenvalue weighted by molar-refractivity contribution is -0.142. The first-order valence-corrected chi connectivity index (χ1v) is 12.5. The van der Waals surface area contributed by atoms with Crippen LogP contribution in [0.3, 0.4) is 0 Å². The van der Waals surface area contributed by atoms with Crippen LogP contribution in [0, 0.1) is 0 Å². The highest BCUT2D eigenvalue weighted by atomic mass is 32.2. The summed E-state index contributed by atoms with van der Waals surface area (Å²) in [6.45, 7) is 0. The number of H-pyrrole nitrogens is 2. The summed E-state index contributed by atoms with van der Waals surface area (Å²) in [6.07, 6.45) is 6.87. The summed E-state index contributed by atoms with van der Waals surface area (Å²) >= 11 is 1.41. The number of carboxylic acids is 2. The molecule has 9 N–H and O–H groups in total. The van der Waals surface area contributed by atoms with Gasteiger partial charge in [-0.1, -0.05) is 0 Å². The van der Waals surface area contributed by atoms with Crippen LogP contribution >= 0.6 is 11.8 Å². The zero-order valence-corrected chi connectivity index (χ0v) is 20.8. The second kappa shape index (κ2) is 14.6. The van der Waals surface area contributed by atoms with Crippen molar-refractivity contribution in [3.05, 3.63) is 36.4 Å². The van der Waals surface area contributed by atoms with Gasteiger partial charge in [-0.3, -0.25) is 19.2 Å². The number of amides is 3. The van der Waals surface area contributed by atoms with E-state index in [1.807, 2.05) is 0 Å². The van der Waals surface area contributed by atoms with E-state index >= 15 is 0 Å². The van der Waals surface area contributed by atoms with Gasteiger partial charge in [-0.15, -0.1) is 0 Å². The maximum Gasteiger partial charge on any atom is 0.326 e. The number of thioether (sulfide) groups is 1. The molecule has 0 aromatic carbocycles. The van der Waals surface area contributed by atoms with E-state index in [2.05, 4.69) is 35.9 Å². The van der Waals surface area contributed by atoms with Gasteiger partial charge in [0.05, 0.1) is 25.1 Å². The molecule has 37 heavy (non-hydrogen) atoms. The number of aromatic amines is 2. The average molecular weight is 539 g/mol. The van der Waals surface area contributed by atoms with Crippen LogP contribution in [-0.2, 0) is 36.8 Å². The van der Waals surface area contributed by atoms with Crippen LogP contribution in [-0.4, -0.2) is 96.0 Å². The maximum absolute atomic E-state index is 13.1. The highest BCUT2D eigenvalue weighted by Crippen LogP contribution is 2.06. The number of nitrogens with one attached hydrogen (secondary N) is 5. The fraction of sp³-hybridized carbons (Fsp3) is 0.476. The van der Waals surface area contributed by atoms with Gasteiger partial charge in [0.2, 0.25) is 17.7 Å². The Labute approximate surface area is 215 Å². The zero-order valence-electron chi connectivity index (χ0n) is 20.0. The van der Waals surface area contributed by atoms with Crippen LogP contribution in [0.25, 0.3) is 0 Å². The van der Waals surface area contributed by atoms with Crippen molar-refractivity contribution in [2.24, 2.45) is 5.73 Å². The summed E-state index contributed by atoms with van der Waals surface area (Å²) in [5.74, 6) is -4.41. The van der Waals surface area contributed by atoms with E-state index in [1.54, 1.807) is 6.26 Å². The molecule has 0 aliphatic carbocycles. The van der Waals surface area contributed by atoms with Gasteiger partial charge in [-0.05, 0) is 18.4 Å². The molecule has 0 bridgehead atoms. The fourth-order valence-corrected chi connectivity index (χ4v) is 3.72. The van der Waals surface area contributed by atoms with Gasteiger partial charge in [-0.25, -0.2) is 14.8 Å². The third-order valence-electron chi connectivity index (χ3n) is 5.18. The Bertz CT molecular complexity index is 1050. The van der Waals surface area contributed by atoms with E-state index < -0.39 is 60.2 Å². The molecule has 4 unspecified atom stereocenters. The van der Waals surface area contributed by atoms with E-state index in [-0.39, 0.29) is 19.3 Å². The van der Waals surface area contributed by atoms with Crippen LogP contribution in [0.2, 0.25) is 0 Å². The van der Waals surface area contributed by atoms with E-state index in [9.17, 15) is 29.1 Å². The van der Waals surface area contributed by atoms with Crippen LogP contribution < -0.4 is 21.7 Å². The molecule has 0 spiro atoms. The van der Waals surface area contributed by atoms with Crippen molar-refractivity contribution in [1.82, 2.24) is 35.9 Å². The monoisotopic (exact) mass is 538 g/mol. The van der Waals surface area contributed by atoms with Crippen LogP contribution in [0.4, 0.5) is 0 Å². The first-order valence-electron chi connectivity index (χ1n) is 11.1. The first-order chi connectivity index (χ1) is 17.6. The molecule has 202 valence electrons. The van der Waals surface area contributed by atoms with Crippen LogP contribution in [0.1, 0.15) is 24.2 Å². The van der Waals surface area contributed by atoms with Gasteiger partial charge in [0.15, 0.2) is 0 Å². The normalized spacial score (nSPS) is 14.1. The number of hydrogen-bond donors (Lipinski definition) is 8. The topological polar surface area (TPSA) is 245 Å². The summed E-state index contributed by atoms with van der Waals surface area (Å²) in [5, 5.41) is 25.9. The van der Waals surface area contributed by atoms with E-state index in [4.69, 9.17) is 10.8 Å². The highest BCUT2D eigenvalue weighted by molar-refractivity contribution is 7.98. The predicted molar refractivity (Wildman–Crippen MR) is 131 cm³/mol. The number of hydrogen-bond acceptors (Lipinski definition) is 9. The van der Waals surface area contributed by atoms with Gasteiger partial charge in [0.25, 0.3) is 0 Å². The second-order valence-electron chi connectivity index (χ2n) is 8.07. The van der Waals surface area contributed by atoms with E-state index in [1.165, 1.54) is 36.8 Å². The molecule has 4 atom stereocenters. The number of aliphatic carboxylic acids is 2. The van der Waals surface area contributed by atoms with Gasteiger partial charge in [-0.2, -0.15) is 11.8 Å². The maximum atomic E-state index is 13.1. The van der Waals surface area contributed by atoms with Crippen molar-refractivity contribution >= 4 is 41.4 Å². The van der Waals surface area contributed by atoms with Crippen molar-refractivity contribution in [3.8, 4) is 0 Å². The summed E-state index contributed by atoms with van der Waals surface area (Å²) in [5.41, 5.74) is 6.59.